The van der Waals surface area contributed by atoms with E-state index in [1.807, 2.05) is 0 Å². The Labute approximate surface area is 85.4 Å². The Kier molecular flexibility index (Phi) is 3.17. The van der Waals surface area contributed by atoms with E-state index in [0.29, 0.717) is 10.2 Å². The minimum atomic E-state index is -2.50. The maximum absolute atomic E-state index is 12.2. The van der Waals surface area contributed by atoms with E-state index in [0.717, 1.165) is 0 Å². The van der Waals surface area contributed by atoms with E-state index in [1.54, 1.807) is 6.92 Å². The minimum Gasteiger partial charge on any atom is -0.245 e. The molecule has 0 N–H and O–H groups in total. The van der Waals surface area contributed by atoms with E-state index in [1.165, 1.54) is 6.07 Å². The number of halogens is 4. The van der Waals surface area contributed by atoms with Crippen LogP contribution in [0.1, 0.15) is 17.7 Å². The highest BCUT2D eigenvalue weighted by atomic mass is 79.9. The average molecular weight is 301 g/mol. The van der Waals surface area contributed by atoms with Crippen molar-refractivity contribution in [1.29, 1.82) is 0 Å². The molecule has 0 saturated heterocycles. The van der Waals surface area contributed by atoms with Crippen molar-refractivity contribution >= 4 is 31.9 Å². The fourth-order valence-corrected chi connectivity index (χ4v) is 1.61. The Hall–Kier alpha value is -0.0300. The first-order chi connectivity index (χ1) is 5.52. The van der Waals surface area contributed by atoms with E-state index in [2.05, 4.69) is 36.8 Å². The predicted octanol–water partition coefficient (Wildman–Crippen LogP) is 3.85. The van der Waals surface area contributed by atoms with E-state index in [9.17, 15) is 8.78 Å². The van der Waals surface area contributed by atoms with Gasteiger partial charge in [0.1, 0.15) is 4.60 Å². The molecule has 0 amide bonds. The summed E-state index contributed by atoms with van der Waals surface area (Å²) in [5.41, 5.74) is 0.596. The first-order valence-corrected chi connectivity index (χ1v) is 4.71. The SMILES string of the molecule is Cc1nc(Br)c(C(F)F)cc1Br. The summed E-state index contributed by atoms with van der Waals surface area (Å²) in [6.07, 6.45) is -2.50. The molecular formula is C7H5Br2F2N. The lowest BCUT2D eigenvalue weighted by Gasteiger charge is -2.04. The summed E-state index contributed by atoms with van der Waals surface area (Å²) in [6.45, 7) is 1.74. The van der Waals surface area contributed by atoms with Gasteiger partial charge in [-0.2, -0.15) is 0 Å². The molecule has 1 heterocycles. The molecule has 0 bridgehead atoms. The van der Waals surface area contributed by atoms with Crippen LogP contribution in [0.5, 0.6) is 0 Å². The van der Waals surface area contributed by atoms with Gasteiger partial charge in [0.15, 0.2) is 0 Å². The fourth-order valence-electron chi connectivity index (χ4n) is 0.719. The molecule has 0 spiro atoms. The normalized spacial score (nSPS) is 10.8. The van der Waals surface area contributed by atoms with Crippen molar-refractivity contribution in [3.8, 4) is 0 Å². The molecule has 0 aromatic carbocycles. The van der Waals surface area contributed by atoms with Crippen molar-refractivity contribution in [3.05, 3.63) is 26.4 Å². The second-order valence-electron chi connectivity index (χ2n) is 2.24. The van der Waals surface area contributed by atoms with Crippen LogP contribution in [0.25, 0.3) is 0 Å². The Bertz CT molecular complexity index is 302. The molecule has 1 aromatic rings. The van der Waals surface area contributed by atoms with E-state index < -0.39 is 6.43 Å². The van der Waals surface area contributed by atoms with Gasteiger partial charge in [0.25, 0.3) is 6.43 Å². The van der Waals surface area contributed by atoms with Crippen LogP contribution in [-0.2, 0) is 0 Å². The van der Waals surface area contributed by atoms with Gasteiger partial charge in [-0.15, -0.1) is 0 Å². The van der Waals surface area contributed by atoms with Crippen molar-refractivity contribution in [2.75, 3.05) is 0 Å². The summed E-state index contributed by atoms with van der Waals surface area (Å²) in [4.78, 5) is 3.88. The molecule has 0 atom stereocenters. The summed E-state index contributed by atoms with van der Waals surface area (Å²) >= 11 is 6.10. The molecule has 66 valence electrons. The zero-order chi connectivity index (χ0) is 9.30. The number of nitrogens with zero attached hydrogens (tertiary/aromatic N) is 1. The molecule has 0 aliphatic heterocycles. The van der Waals surface area contributed by atoms with Crippen molar-refractivity contribution in [1.82, 2.24) is 4.98 Å². The first-order valence-electron chi connectivity index (χ1n) is 3.13. The van der Waals surface area contributed by atoms with Gasteiger partial charge in [-0.1, -0.05) is 0 Å². The van der Waals surface area contributed by atoms with Crippen molar-refractivity contribution in [2.45, 2.75) is 13.3 Å². The first kappa shape index (κ1) is 10.1. The number of aromatic nitrogens is 1. The second kappa shape index (κ2) is 3.79. The van der Waals surface area contributed by atoms with Gasteiger partial charge in [-0.05, 0) is 44.8 Å². The molecule has 0 saturated carbocycles. The van der Waals surface area contributed by atoms with Crippen LogP contribution < -0.4 is 0 Å². The lowest BCUT2D eigenvalue weighted by Crippen LogP contribution is -1.92. The lowest BCUT2D eigenvalue weighted by atomic mass is 10.3. The molecule has 0 aliphatic rings. The molecule has 1 rings (SSSR count). The largest absolute Gasteiger partial charge is 0.266 e. The van der Waals surface area contributed by atoms with Gasteiger partial charge < -0.3 is 0 Å². The van der Waals surface area contributed by atoms with Crippen LogP contribution in [0.15, 0.2) is 15.1 Å². The predicted molar refractivity (Wildman–Crippen MR) is 49.3 cm³/mol. The molecule has 1 aromatic heterocycles. The van der Waals surface area contributed by atoms with E-state index in [-0.39, 0.29) is 10.2 Å². The number of rotatable bonds is 1. The van der Waals surface area contributed by atoms with Gasteiger partial charge in [-0.25, -0.2) is 13.8 Å². The third kappa shape index (κ3) is 2.01. The monoisotopic (exact) mass is 299 g/mol. The highest BCUT2D eigenvalue weighted by Gasteiger charge is 2.14. The van der Waals surface area contributed by atoms with Crippen molar-refractivity contribution in [2.24, 2.45) is 0 Å². The Morgan fingerprint density at radius 1 is 1.42 bits per heavy atom. The van der Waals surface area contributed by atoms with Crippen molar-refractivity contribution in [3.63, 3.8) is 0 Å². The standard InChI is InChI=1S/C7H5Br2F2N/c1-3-5(8)2-4(7(10)11)6(9)12-3/h2,7H,1H3. The van der Waals surface area contributed by atoms with Crippen LogP contribution in [0.4, 0.5) is 8.78 Å². The smallest absolute Gasteiger partial charge is 0.245 e. The molecule has 0 unspecified atom stereocenters. The molecule has 0 fully saturated rings. The summed E-state index contributed by atoms with van der Waals surface area (Å²) in [7, 11) is 0. The molecule has 1 nitrogen and oxygen atoms in total. The summed E-state index contributed by atoms with van der Waals surface area (Å²) in [5, 5.41) is 0. The van der Waals surface area contributed by atoms with Crippen molar-refractivity contribution < 1.29 is 8.78 Å². The maximum Gasteiger partial charge on any atom is 0.266 e. The molecule has 0 radical (unpaired) electrons. The summed E-state index contributed by atoms with van der Waals surface area (Å²) in [6, 6.07) is 1.37. The quantitative estimate of drug-likeness (QED) is 0.718. The number of pyridine rings is 1. The lowest BCUT2D eigenvalue weighted by molar-refractivity contribution is 0.150. The number of alkyl halides is 2. The van der Waals surface area contributed by atoms with Gasteiger partial charge in [0.2, 0.25) is 0 Å². The summed E-state index contributed by atoms with van der Waals surface area (Å²) < 4.78 is 25.3. The summed E-state index contributed by atoms with van der Waals surface area (Å²) in [5.74, 6) is 0. The van der Waals surface area contributed by atoms with Gasteiger partial charge in [0.05, 0.1) is 11.3 Å². The van der Waals surface area contributed by atoms with Crippen LogP contribution in [0, 0.1) is 6.92 Å². The van der Waals surface area contributed by atoms with Gasteiger partial charge in [-0.3, -0.25) is 0 Å². The number of aryl methyl sites for hydroxylation is 1. The molecule has 0 aliphatic carbocycles. The third-order valence-corrected chi connectivity index (χ3v) is 2.80. The Morgan fingerprint density at radius 3 is 2.50 bits per heavy atom. The molecule has 12 heavy (non-hydrogen) atoms. The topological polar surface area (TPSA) is 12.9 Å². The van der Waals surface area contributed by atoms with E-state index in [4.69, 9.17) is 0 Å². The van der Waals surface area contributed by atoms with E-state index >= 15 is 0 Å². The zero-order valence-corrected chi connectivity index (χ0v) is 9.29. The Morgan fingerprint density at radius 2 is 2.00 bits per heavy atom. The van der Waals surface area contributed by atoms with Gasteiger partial charge >= 0.3 is 0 Å². The van der Waals surface area contributed by atoms with Crippen LogP contribution in [0.2, 0.25) is 0 Å². The molecule has 5 heteroatoms. The highest BCUT2D eigenvalue weighted by Crippen LogP contribution is 2.29. The molecular weight excluding hydrogens is 296 g/mol. The second-order valence-corrected chi connectivity index (χ2v) is 3.84. The van der Waals surface area contributed by atoms with Gasteiger partial charge in [0, 0.05) is 4.47 Å². The van der Waals surface area contributed by atoms with Crippen LogP contribution >= 0.6 is 31.9 Å². The van der Waals surface area contributed by atoms with Crippen LogP contribution in [-0.4, -0.2) is 4.98 Å². The Balaban J connectivity index is 3.23. The average Bonchev–Trinajstić information content (AvgIpc) is 1.96. The minimum absolute atomic E-state index is 0.0903. The maximum atomic E-state index is 12.2. The number of hydrogen-bond donors (Lipinski definition) is 0. The number of hydrogen-bond acceptors (Lipinski definition) is 1. The van der Waals surface area contributed by atoms with Crippen LogP contribution in [0.3, 0.4) is 0 Å². The highest BCUT2D eigenvalue weighted by molar-refractivity contribution is 9.11. The third-order valence-electron chi connectivity index (χ3n) is 1.37. The zero-order valence-electron chi connectivity index (χ0n) is 6.11. The fraction of sp³-hybridized carbons (Fsp3) is 0.286.